The van der Waals surface area contributed by atoms with E-state index in [1.807, 2.05) is 23.3 Å². The van der Waals surface area contributed by atoms with Crippen LogP contribution in [0.25, 0.3) is 10.9 Å². The fraction of sp³-hybridized carbons (Fsp3) is 0.455. The first-order chi connectivity index (χ1) is 14.2. The summed E-state index contributed by atoms with van der Waals surface area (Å²) in [6.07, 6.45) is 5.00. The minimum absolute atomic E-state index is 0.0331. The van der Waals surface area contributed by atoms with Crippen LogP contribution in [0, 0.1) is 6.92 Å². The molecule has 0 aliphatic carbocycles. The molecule has 0 N–H and O–H groups in total. The Kier molecular flexibility index (Phi) is 5.01. The normalized spacial score (nSPS) is 20.4. The second-order valence-electron chi connectivity index (χ2n) is 7.79. The molecule has 2 aliphatic heterocycles. The highest BCUT2D eigenvalue weighted by Crippen LogP contribution is 2.32. The maximum Gasteiger partial charge on any atom is 0.273 e. The lowest BCUT2D eigenvalue weighted by Gasteiger charge is -2.32. The van der Waals surface area contributed by atoms with Crippen molar-refractivity contribution >= 4 is 28.1 Å². The third kappa shape index (κ3) is 3.65. The van der Waals surface area contributed by atoms with Gasteiger partial charge in [-0.3, -0.25) is 4.79 Å². The van der Waals surface area contributed by atoms with Gasteiger partial charge in [-0.2, -0.15) is 0 Å². The molecule has 3 aromatic rings. The Morgan fingerprint density at radius 2 is 2.10 bits per heavy atom. The van der Waals surface area contributed by atoms with Gasteiger partial charge in [-0.05, 0) is 31.5 Å². The number of ether oxygens (including phenoxy) is 2. The highest BCUT2D eigenvalue weighted by Gasteiger charge is 2.26. The number of carbonyl (C=O) groups is 1. The minimum atomic E-state index is 0.0331. The zero-order valence-corrected chi connectivity index (χ0v) is 17.4. The fourth-order valence-corrected chi connectivity index (χ4v) is 4.89. The van der Waals surface area contributed by atoms with Gasteiger partial charge in [0.25, 0.3) is 5.91 Å². The summed E-state index contributed by atoms with van der Waals surface area (Å²) in [5, 5.41) is 3.92. The number of hydrogen-bond donors (Lipinski definition) is 0. The van der Waals surface area contributed by atoms with Gasteiger partial charge in [-0.1, -0.05) is 6.07 Å². The predicted molar refractivity (Wildman–Crippen MR) is 113 cm³/mol. The molecule has 152 valence electrons. The van der Waals surface area contributed by atoms with Crippen LogP contribution in [0.15, 0.2) is 35.8 Å². The Morgan fingerprint density at radius 3 is 2.83 bits per heavy atom. The van der Waals surface area contributed by atoms with E-state index in [2.05, 4.69) is 33.9 Å². The predicted octanol–water partition coefficient (Wildman–Crippen LogP) is 4.05. The summed E-state index contributed by atoms with van der Waals surface area (Å²) >= 11 is 1.52. The number of carbonyl (C=O) groups excluding carboxylic acids is 1. The van der Waals surface area contributed by atoms with Crippen LogP contribution in [0.1, 0.15) is 40.8 Å². The number of likely N-dealkylation sites (tertiary alicyclic amines) is 1. The Morgan fingerprint density at radius 1 is 1.24 bits per heavy atom. The van der Waals surface area contributed by atoms with Crippen LogP contribution in [0.5, 0.6) is 5.75 Å². The van der Waals surface area contributed by atoms with Crippen LogP contribution in [0.4, 0.5) is 0 Å². The number of amides is 1. The Hall–Kier alpha value is -2.38. The number of rotatable bonds is 4. The van der Waals surface area contributed by atoms with E-state index >= 15 is 0 Å². The van der Waals surface area contributed by atoms with Gasteiger partial charge >= 0.3 is 0 Å². The van der Waals surface area contributed by atoms with E-state index in [9.17, 15) is 4.79 Å². The molecule has 0 bridgehead atoms. The van der Waals surface area contributed by atoms with E-state index in [1.54, 1.807) is 0 Å². The molecule has 29 heavy (non-hydrogen) atoms. The molecule has 2 fully saturated rings. The van der Waals surface area contributed by atoms with Crippen LogP contribution in [0.3, 0.4) is 0 Å². The average molecular weight is 412 g/mol. The van der Waals surface area contributed by atoms with Crippen molar-refractivity contribution in [3.63, 3.8) is 0 Å². The highest BCUT2D eigenvalue weighted by atomic mass is 32.1. The summed E-state index contributed by atoms with van der Waals surface area (Å²) in [6.45, 7) is 4.94. The molecule has 1 aromatic carbocycles. The standard InChI is InChI=1S/C22H25N3O3S/c1-15-23-19(14-29-15)22(26)24-9-5-17(6-10-24)28-21-4-2-3-20-18(21)7-11-25(20)16-8-12-27-13-16/h2-4,7,11,14,16-17H,5-6,8-10,12-13H2,1H3. The second-order valence-corrected chi connectivity index (χ2v) is 8.85. The third-order valence-electron chi connectivity index (χ3n) is 5.88. The highest BCUT2D eigenvalue weighted by molar-refractivity contribution is 7.09. The van der Waals surface area contributed by atoms with Crippen molar-refractivity contribution in [2.45, 2.75) is 38.3 Å². The number of aryl methyl sites for hydroxylation is 1. The first kappa shape index (κ1) is 18.6. The van der Waals surface area contributed by atoms with Gasteiger partial charge < -0.3 is 18.9 Å². The van der Waals surface area contributed by atoms with Crippen molar-refractivity contribution in [2.24, 2.45) is 0 Å². The van der Waals surface area contributed by atoms with Crippen molar-refractivity contribution in [2.75, 3.05) is 26.3 Å². The van der Waals surface area contributed by atoms with Crippen LogP contribution < -0.4 is 4.74 Å². The summed E-state index contributed by atoms with van der Waals surface area (Å²) in [4.78, 5) is 18.8. The average Bonchev–Trinajstić information content (AvgIpc) is 3.48. The monoisotopic (exact) mass is 411 g/mol. The van der Waals surface area contributed by atoms with E-state index < -0.39 is 0 Å². The molecule has 2 aliphatic rings. The molecule has 1 atom stereocenters. The zero-order chi connectivity index (χ0) is 19.8. The molecule has 7 heteroatoms. The summed E-state index contributed by atoms with van der Waals surface area (Å²) < 4.78 is 14.3. The maximum atomic E-state index is 12.6. The molecule has 0 saturated carbocycles. The van der Waals surface area contributed by atoms with Crippen LogP contribution >= 0.6 is 11.3 Å². The Bertz CT molecular complexity index is 1010. The van der Waals surface area contributed by atoms with E-state index in [1.165, 1.54) is 16.9 Å². The molecular weight excluding hydrogens is 386 g/mol. The quantitative estimate of drug-likeness (QED) is 0.650. The molecule has 4 heterocycles. The van der Waals surface area contributed by atoms with Crippen LogP contribution in [-0.2, 0) is 4.74 Å². The largest absolute Gasteiger partial charge is 0.490 e. The lowest BCUT2D eigenvalue weighted by Crippen LogP contribution is -2.41. The number of benzene rings is 1. The van der Waals surface area contributed by atoms with E-state index in [4.69, 9.17) is 9.47 Å². The van der Waals surface area contributed by atoms with Gasteiger partial charge in [0.15, 0.2) is 0 Å². The van der Waals surface area contributed by atoms with Crippen molar-refractivity contribution in [1.82, 2.24) is 14.5 Å². The van der Waals surface area contributed by atoms with Gasteiger partial charge in [0.1, 0.15) is 17.5 Å². The molecule has 0 radical (unpaired) electrons. The number of thiazole rings is 1. The Balaban J connectivity index is 1.26. The lowest BCUT2D eigenvalue weighted by atomic mass is 10.1. The lowest BCUT2D eigenvalue weighted by molar-refractivity contribution is 0.0593. The molecular formula is C22H25N3O3S. The summed E-state index contributed by atoms with van der Waals surface area (Å²) in [6, 6.07) is 8.82. The van der Waals surface area contributed by atoms with Crippen molar-refractivity contribution < 1.29 is 14.3 Å². The van der Waals surface area contributed by atoms with E-state index in [0.29, 0.717) is 24.8 Å². The molecule has 2 saturated heterocycles. The zero-order valence-electron chi connectivity index (χ0n) is 16.5. The number of fused-ring (bicyclic) bond motifs is 1. The minimum Gasteiger partial charge on any atom is -0.490 e. The first-order valence-corrected chi connectivity index (χ1v) is 11.1. The SMILES string of the molecule is Cc1nc(C(=O)N2CCC(Oc3cccc4c3ccn4C3CCOC3)CC2)cs1. The molecule has 1 amide bonds. The van der Waals surface area contributed by atoms with Crippen LogP contribution in [0.2, 0.25) is 0 Å². The summed E-state index contributed by atoms with van der Waals surface area (Å²) in [7, 11) is 0. The molecule has 1 unspecified atom stereocenters. The second kappa shape index (κ2) is 7.80. The van der Waals surface area contributed by atoms with Gasteiger partial charge in [0, 0.05) is 49.5 Å². The summed E-state index contributed by atoms with van der Waals surface area (Å²) in [5.41, 5.74) is 1.76. The maximum absolute atomic E-state index is 12.6. The van der Waals surface area contributed by atoms with E-state index in [-0.39, 0.29) is 12.0 Å². The van der Waals surface area contributed by atoms with Gasteiger partial charge in [0.2, 0.25) is 0 Å². The van der Waals surface area contributed by atoms with Gasteiger partial charge in [-0.15, -0.1) is 11.3 Å². The number of hydrogen-bond acceptors (Lipinski definition) is 5. The number of nitrogens with zero attached hydrogens (tertiary/aromatic N) is 3. The van der Waals surface area contributed by atoms with Crippen molar-refractivity contribution in [3.05, 3.63) is 46.5 Å². The fourth-order valence-electron chi connectivity index (χ4n) is 4.30. The smallest absolute Gasteiger partial charge is 0.273 e. The molecule has 0 spiro atoms. The summed E-state index contributed by atoms with van der Waals surface area (Å²) in [5.74, 6) is 0.964. The number of piperidine rings is 1. The molecule has 2 aromatic heterocycles. The van der Waals surface area contributed by atoms with Crippen molar-refractivity contribution in [1.29, 1.82) is 0 Å². The third-order valence-corrected chi connectivity index (χ3v) is 6.66. The van der Waals surface area contributed by atoms with Gasteiger partial charge in [-0.25, -0.2) is 4.98 Å². The van der Waals surface area contributed by atoms with E-state index in [0.717, 1.165) is 48.6 Å². The molecule has 5 rings (SSSR count). The van der Waals surface area contributed by atoms with Gasteiger partial charge in [0.05, 0.1) is 23.2 Å². The molecule has 6 nitrogen and oxygen atoms in total. The Labute approximate surface area is 174 Å². The van der Waals surface area contributed by atoms with Crippen molar-refractivity contribution in [3.8, 4) is 5.75 Å². The topological polar surface area (TPSA) is 56.6 Å². The first-order valence-electron chi connectivity index (χ1n) is 10.2. The van der Waals surface area contributed by atoms with Crippen LogP contribution in [-0.4, -0.2) is 52.8 Å². The number of aromatic nitrogens is 2.